The summed E-state index contributed by atoms with van der Waals surface area (Å²) < 4.78 is 5.25. The fraction of sp³-hybridized carbons (Fsp3) is 0.625. The zero-order valence-electron chi connectivity index (χ0n) is 12.9. The predicted octanol–water partition coefficient (Wildman–Crippen LogP) is 2.72. The molecular formula is C16H23NO4. The summed E-state index contributed by atoms with van der Waals surface area (Å²) >= 11 is 0. The Labute approximate surface area is 124 Å². The van der Waals surface area contributed by atoms with Gasteiger partial charge in [-0.1, -0.05) is 13.8 Å². The molecule has 0 saturated carbocycles. The van der Waals surface area contributed by atoms with Gasteiger partial charge in [0.1, 0.15) is 12.2 Å². The summed E-state index contributed by atoms with van der Waals surface area (Å²) in [6.45, 7) is 7.68. The smallest absolute Gasteiger partial charge is 0.311 e. The first-order valence-corrected chi connectivity index (χ1v) is 7.48. The maximum absolute atomic E-state index is 12.6. The van der Waals surface area contributed by atoms with E-state index in [4.69, 9.17) is 9.52 Å². The minimum Gasteiger partial charge on any atom is -0.481 e. The first-order valence-electron chi connectivity index (χ1n) is 7.48. The van der Waals surface area contributed by atoms with Crippen LogP contribution < -0.4 is 0 Å². The van der Waals surface area contributed by atoms with Crippen LogP contribution in [0.3, 0.4) is 0 Å². The molecule has 1 amide bonds. The lowest BCUT2D eigenvalue weighted by molar-refractivity contribution is -0.136. The number of hydrogen-bond acceptors (Lipinski definition) is 3. The van der Waals surface area contributed by atoms with Gasteiger partial charge in [-0.3, -0.25) is 9.59 Å². The van der Waals surface area contributed by atoms with Crippen LogP contribution in [0.5, 0.6) is 0 Å². The highest BCUT2D eigenvalue weighted by molar-refractivity contribution is 5.97. The highest BCUT2D eigenvalue weighted by atomic mass is 16.4. The minimum atomic E-state index is -0.989. The molecular weight excluding hydrogens is 270 g/mol. The van der Waals surface area contributed by atoms with Gasteiger partial charge in [0.25, 0.3) is 5.91 Å². The van der Waals surface area contributed by atoms with Crippen LogP contribution in [-0.2, 0) is 11.2 Å². The van der Waals surface area contributed by atoms with E-state index >= 15 is 0 Å². The normalized spacial score (nSPS) is 16.5. The van der Waals surface area contributed by atoms with Crippen LogP contribution in [0.4, 0.5) is 0 Å². The lowest BCUT2D eigenvalue weighted by Crippen LogP contribution is -2.40. The molecule has 1 aromatic rings. The van der Waals surface area contributed by atoms with E-state index < -0.39 is 5.97 Å². The molecule has 0 aliphatic carbocycles. The summed E-state index contributed by atoms with van der Waals surface area (Å²) in [6, 6.07) is 0. The fourth-order valence-corrected chi connectivity index (χ4v) is 2.98. The van der Waals surface area contributed by atoms with Gasteiger partial charge in [0.15, 0.2) is 0 Å². The number of likely N-dealkylation sites (tertiary alicyclic amines) is 1. The zero-order chi connectivity index (χ0) is 15.6. The fourth-order valence-electron chi connectivity index (χ4n) is 2.98. The Morgan fingerprint density at radius 2 is 2.00 bits per heavy atom. The molecule has 5 nitrogen and oxygen atoms in total. The summed E-state index contributed by atoms with van der Waals surface area (Å²) in [7, 11) is 0. The number of furan rings is 1. The van der Waals surface area contributed by atoms with Gasteiger partial charge in [-0.05, 0) is 31.6 Å². The average molecular weight is 293 g/mol. The molecule has 5 heteroatoms. The molecule has 0 bridgehead atoms. The Morgan fingerprint density at radius 3 is 2.52 bits per heavy atom. The molecule has 0 spiro atoms. The molecule has 1 fully saturated rings. The van der Waals surface area contributed by atoms with Crippen molar-refractivity contribution in [2.24, 2.45) is 11.8 Å². The second-order valence-corrected chi connectivity index (χ2v) is 6.16. The summed E-state index contributed by atoms with van der Waals surface area (Å²) in [5.74, 6) is 0.478. The summed E-state index contributed by atoms with van der Waals surface area (Å²) in [5, 5.41) is 8.90. The Morgan fingerprint density at radius 1 is 1.38 bits per heavy atom. The van der Waals surface area contributed by atoms with Crippen molar-refractivity contribution in [3.63, 3.8) is 0 Å². The van der Waals surface area contributed by atoms with Crippen LogP contribution in [0.15, 0.2) is 10.7 Å². The van der Waals surface area contributed by atoms with Crippen molar-refractivity contribution in [1.82, 2.24) is 4.90 Å². The highest BCUT2D eigenvalue weighted by Gasteiger charge is 2.29. The summed E-state index contributed by atoms with van der Waals surface area (Å²) in [6.07, 6.45) is 3.23. The van der Waals surface area contributed by atoms with Crippen molar-refractivity contribution < 1.29 is 19.1 Å². The standard InChI is InChI=1S/C16H23NO4/c1-10(2)12-4-6-17(7-5-12)16(20)15-11(3)9-21-13(15)8-14(18)19/h9-10,12H,4-8H2,1-3H3,(H,18,19). The van der Waals surface area contributed by atoms with E-state index in [0.717, 1.165) is 25.9 Å². The second-order valence-electron chi connectivity index (χ2n) is 6.16. The maximum Gasteiger partial charge on any atom is 0.311 e. The Kier molecular flexibility index (Phi) is 4.70. The molecule has 1 N–H and O–H groups in total. The van der Waals surface area contributed by atoms with Crippen LogP contribution >= 0.6 is 0 Å². The summed E-state index contributed by atoms with van der Waals surface area (Å²) in [5.41, 5.74) is 1.14. The molecule has 2 heterocycles. The lowest BCUT2D eigenvalue weighted by Gasteiger charge is -2.34. The number of amides is 1. The van der Waals surface area contributed by atoms with Crippen molar-refractivity contribution in [3.8, 4) is 0 Å². The number of rotatable bonds is 4. The maximum atomic E-state index is 12.6. The SMILES string of the molecule is Cc1coc(CC(=O)O)c1C(=O)N1CCC(C(C)C)CC1. The molecule has 1 aliphatic heterocycles. The monoisotopic (exact) mass is 293 g/mol. The highest BCUT2D eigenvalue weighted by Crippen LogP contribution is 2.27. The van der Waals surface area contributed by atoms with Crippen molar-refractivity contribution in [2.45, 2.75) is 40.0 Å². The molecule has 116 valence electrons. The van der Waals surface area contributed by atoms with Gasteiger partial charge < -0.3 is 14.4 Å². The molecule has 0 aromatic carbocycles. The molecule has 1 aromatic heterocycles. The number of aliphatic carboxylic acids is 1. The number of carboxylic acids is 1. The quantitative estimate of drug-likeness (QED) is 0.926. The first kappa shape index (κ1) is 15.6. The van der Waals surface area contributed by atoms with Crippen LogP contribution in [0, 0.1) is 18.8 Å². The van der Waals surface area contributed by atoms with E-state index in [1.54, 1.807) is 6.92 Å². The van der Waals surface area contributed by atoms with Crippen LogP contribution in [0.25, 0.3) is 0 Å². The third kappa shape index (κ3) is 3.46. The molecule has 0 radical (unpaired) electrons. The van der Waals surface area contributed by atoms with E-state index in [-0.39, 0.29) is 18.1 Å². The van der Waals surface area contributed by atoms with Gasteiger partial charge >= 0.3 is 5.97 Å². The van der Waals surface area contributed by atoms with Gasteiger partial charge in [0.2, 0.25) is 0 Å². The second kappa shape index (κ2) is 6.33. The number of carbonyl (C=O) groups is 2. The Hall–Kier alpha value is -1.78. The predicted molar refractivity (Wildman–Crippen MR) is 78.3 cm³/mol. The molecule has 0 atom stereocenters. The number of carbonyl (C=O) groups excluding carboxylic acids is 1. The lowest BCUT2D eigenvalue weighted by atomic mass is 9.86. The number of carboxylic acid groups (broad SMARTS) is 1. The topological polar surface area (TPSA) is 70.7 Å². The Bertz CT molecular complexity index is 524. The third-order valence-corrected chi connectivity index (χ3v) is 4.35. The van der Waals surface area contributed by atoms with Gasteiger partial charge in [0, 0.05) is 18.7 Å². The largest absolute Gasteiger partial charge is 0.481 e. The minimum absolute atomic E-state index is 0.0975. The third-order valence-electron chi connectivity index (χ3n) is 4.35. The number of hydrogen-bond donors (Lipinski definition) is 1. The van der Waals surface area contributed by atoms with Crippen LogP contribution in [0.1, 0.15) is 48.4 Å². The van der Waals surface area contributed by atoms with E-state index in [1.807, 2.05) is 4.90 Å². The van der Waals surface area contributed by atoms with Crippen molar-refractivity contribution in [3.05, 3.63) is 23.2 Å². The van der Waals surface area contributed by atoms with E-state index in [1.165, 1.54) is 6.26 Å². The van der Waals surface area contributed by atoms with Crippen molar-refractivity contribution in [2.75, 3.05) is 13.1 Å². The molecule has 1 aliphatic rings. The van der Waals surface area contributed by atoms with E-state index in [9.17, 15) is 9.59 Å². The van der Waals surface area contributed by atoms with Crippen LogP contribution in [0.2, 0.25) is 0 Å². The van der Waals surface area contributed by atoms with Crippen LogP contribution in [-0.4, -0.2) is 35.0 Å². The van der Waals surface area contributed by atoms with Crippen molar-refractivity contribution in [1.29, 1.82) is 0 Å². The summed E-state index contributed by atoms with van der Waals surface area (Å²) in [4.78, 5) is 25.3. The Balaban J connectivity index is 2.11. The van der Waals surface area contributed by atoms with Crippen molar-refractivity contribution >= 4 is 11.9 Å². The molecule has 1 saturated heterocycles. The first-order chi connectivity index (χ1) is 9.90. The molecule has 21 heavy (non-hydrogen) atoms. The van der Waals surface area contributed by atoms with Gasteiger partial charge in [-0.15, -0.1) is 0 Å². The average Bonchev–Trinajstić information content (AvgIpc) is 2.78. The number of aryl methyl sites for hydroxylation is 1. The van der Waals surface area contributed by atoms with Gasteiger partial charge in [-0.2, -0.15) is 0 Å². The molecule has 2 rings (SSSR count). The van der Waals surface area contributed by atoms with Gasteiger partial charge in [-0.25, -0.2) is 0 Å². The number of piperidine rings is 1. The van der Waals surface area contributed by atoms with E-state index in [0.29, 0.717) is 23.0 Å². The molecule has 0 unspecified atom stereocenters. The van der Waals surface area contributed by atoms with Gasteiger partial charge in [0.05, 0.1) is 11.8 Å². The zero-order valence-corrected chi connectivity index (χ0v) is 12.9. The van der Waals surface area contributed by atoms with E-state index in [2.05, 4.69) is 13.8 Å². The number of nitrogens with zero attached hydrogens (tertiary/aromatic N) is 1.